The lowest BCUT2D eigenvalue weighted by atomic mass is 10.3. The molecule has 0 aliphatic carbocycles. The lowest BCUT2D eigenvalue weighted by molar-refractivity contribution is -0.115. The average molecular weight is 335 g/mol. The Morgan fingerprint density at radius 3 is 2.87 bits per heavy atom. The second-order valence-electron chi connectivity index (χ2n) is 4.78. The minimum atomic E-state index is -0.722. The van der Waals surface area contributed by atoms with E-state index in [1.165, 1.54) is 11.3 Å². The third-order valence-electron chi connectivity index (χ3n) is 3.04. The van der Waals surface area contributed by atoms with Gasteiger partial charge in [-0.05, 0) is 36.1 Å². The molecule has 0 bridgehead atoms. The molecule has 5 nitrogen and oxygen atoms in total. The van der Waals surface area contributed by atoms with Gasteiger partial charge in [0.25, 0.3) is 5.89 Å². The molecule has 118 valence electrons. The Morgan fingerprint density at radius 1 is 1.30 bits per heavy atom. The highest BCUT2D eigenvalue weighted by atomic mass is 32.1. The van der Waals surface area contributed by atoms with Gasteiger partial charge in [-0.25, -0.2) is 8.78 Å². The van der Waals surface area contributed by atoms with E-state index in [9.17, 15) is 13.6 Å². The number of rotatable bonds is 4. The minimum absolute atomic E-state index is 0.0992. The van der Waals surface area contributed by atoms with Gasteiger partial charge in [0.05, 0.1) is 10.6 Å². The summed E-state index contributed by atoms with van der Waals surface area (Å²) in [6.07, 6.45) is -0.229. The number of carbonyl (C=O) groups is 1. The van der Waals surface area contributed by atoms with Crippen LogP contribution in [0.1, 0.15) is 11.5 Å². The summed E-state index contributed by atoms with van der Waals surface area (Å²) in [5.41, 5.74) is 0.764. The first-order valence-corrected chi connectivity index (χ1v) is 7.52. The number of aromatic nitrogens is 2. The molecular weight excluding hydrogens is 324 g/mol. The van der Waals surface area contributed by atoms with E-state index in [0.29, 0.717) is 5.89 Å². The normalized spacial score (nSPS) is 10.7. The molecule has 23 heavy (non-hydrogen) atoms. The zero-order valence-electron chi connectivity index (χ0n) is 12.0. The number of aryl methyl sites for hydroxylation is 1. The molecule has 3 aromatic rings. The summed E-state index contributed by atoms with van der Waals surface area (Å²) in [7, 11) is 0. The number of nitrogens with one attached hydrogen (secondary N) is 1. The van der Waals surface area contributed by atoms with Gasteiger partial charge in [-0.2, -0.15) is 0 Å². The lowest BCUT2D eigenvalue weighted by Gasteiger charge is -2.04. The maximum atomic E-state index is 13.5. The highest BCUT2D eigenvalue weighted by Crippen LogP contribution is 2.27. The molecule has 0 aliphatic heterocycles. The van der Waals surface area contributed by atoms with E-state index < -0.39 is 17.5 Å². The van der Waals surface area contributed by atoms with E-state index in [2.05, 4.69) is 15.5 Å². The van der Waals surface area contributed by atoms with Gasteiger partial charge in [0, 0.05) is 6.07 Å². The van der Waals surface area contributed by atoms with E-state index in [1.807, 2.05) is 18.4 Å². The third kappa shape index (κ3) is 3.42. The lowest BCUT2D eigenvalue weighted by Crippen LogP contribution is -2.15. The Labute approximate surface area is 134 Å². The van der Waals surface area contributed by atoms with Crippen molar-refractivity contribution in [1.82, 2.24) is 10.2 Å². The number of nitrogens with zero attached hydrogens (tertiary/aromatic N) is 2. The third-order valence-corrected chi connectivity index (χ3v) is 4.04. The molecule has 0 spiro atoms. The van der Waals surface area contributed by atoms with Crippen LogP contribution in [0, 0.1) is 18.6 Å². The van der Waals surface area contributed by atoms with Crippen molar-refractivity contribution < 1.29 is 18.0 Å². The van der Waals surface area contributed by atoms with Crippen LogP contribution in [-0.2, 0) is 11.2 Å². The van der Waals surface area contributed by atoms with Gasteiger partial charge in [0.1, 0.15) is 18.1 Å². The monoisotopic (exact) mass is 335 g/mol. The van der Waals surface area contributed by atoms with Crippen molar-refractivity contribution >= 4 is 22.9 Å². The van der Waals surface area contributed by atoms with Gasteiger partial charge in [-0.1, -0.05) is 0 Å². The molecule has 2 aromatic heterocycles. The maximum absolute atomic E-state index is 13.5. The second-order valence-corrected chi connectivity index (χ2v) is 5.70. The van der Waals surface area contributed by atoms with Crippen LogP contribution in [0.15, 0.2) is 34.1 Å². The molecule has 3 rings (SSSR count). The fourth-order valence-electron chi connectivity index (χ4n) is 1.93. The number of carbonyl (C=O) groups excluding carboxylic acids is 1. The zero-order valence-corrected chi connectivity index (χ0v) is 12.8. The van der Waals surface area contributed by atoms with Gasteiger partial charge >= 0.3 is 0 Å². The average Bonchev–Trinajstić information content (AvgIpc) is 3.11. The van der Waals surface area contributed by atoms with Crippen LogP contribution in [-0.4, -0.2) is 16.1 Å². The van der Waals surface area contributed by atoms with Crippen LogP contribution in [0.4, 0.5) is 14.5 Å². The van der Waals surface area contributed by atoms with Crippen LogP contribution in [0.2, 0.25) is 0 Å². The molecule has 0 fully saturated rings. The first-order chi connectivity index (χ1) is 11.0. The molecular formula is C15H11F2N3O2S. The summed E-state index contributed by atoms with van der Waals surface area (Å²) >= 11 is 1.45. The van der Waals surface area contributed by atoms with Crippen LogP contribution in [0.5, 0.6) is 0 Å². The molecule has 2 heterocycles. The minimum Gasteiger partial charge on any atom is -0.419 e. The van der Waals surface area contributed by atoms with Gasteiger partial charge in [-0.3, -0.25) is 4.79 Å². The van der Waals surface area contributed by atoms with Gasteiger partial charge in [0.2, 0.25) is 11.8 Å². The Kier molecular flexibility index (Phi) is 4.16. The van der Waals surface area contributed by atoms with Crippen molar-refractivity contribution in [3.8, 4) is 10.8 Å². The van der Waals surface area contributed by atoms with E-state index in [4.69, 9.17) is 4.42 Å². The summed E-state index contributed by atoms with van der Waals surface area (Å²) < 4.78 is 32.0. The van der Waals surface area contributed by atoms with E-state index in [1.54, 1.807) is 0 Å². The second kappa shape index (κ2) is 6.25. The van der Waals surface area contributed by atoms with Crippen molar-refractivity contribution in [1.29, 1.82) is 0 Å². The van der Waals surface area contributed by atoms with E-state index >= 15 is 0 Å². The van der Waals surface area contributed by atoms with Crippen molar-refractivity contribution in [3.63, 3.8) is 0 Å². The number of hydrogen-bond donors (Lipinski definition) is 1. The molecule has 8 heteroatoms. The predicted molar refractivity (Wildman–Crippen MR) is 81.0 cm³/mol. The van der Waals surface area contributed by atoms with Crippen LogP contribution < -0.4 is 5.32 Å². The Hall–Kier alpha value is -2.61. The maximum Gasteiger partial charge on any atom is 0.258 e. The number of halogens is 2. The molecule has 1 aromatic carbocycles. The van der Waals surface area contributed by atoms with Crippen molar-refractivity contribution in [2.45, 2.75) is 13.3 Å². The van der Waals surface area contributed by atoms with E-state index in [-0.39, 0.29) is 18.0 Å². The van der Waals surface area contributed by atoms with Gasteiger partial charge < -0.3 is 9.73 Å². The Balaban J connectivity index is 1.70. The number of benzene rings is 1. The molecule has 0 saturated heterocycles. The molecule has 1 N–H and O–H groups in total. The SMILES string of the molecule is Cc1ccsc1-c1nnc(CC(=O)Nc2cc(F)ccc2F)o1. The summed E-state index contributed by atoms with van der Waals surface area (Å²) in [6, 6.07) is 4.73. The fourth-order valence-corrected chi connectivity index (χ4v) is 2.78. The predicted octanol–water partition coefficient (Wildman–Crippen LogP) is 3.57. The summed E-state index contributed by atoms with van der Waals surface area (Å²) in [5, 5.41) is 11.9. The highest BCUT2D eigenvalue weighted by molar-refractivity contribution is 7.13. The van der Waals surface area contributed by atoms with Crippen molar-refractivity contribution in [3.05, 3.63) is 52.7 Å². The van der Waals surface area contributed by atoms with Gasteiger partial charge in [0.15, 0.2) is 0 Å². The standard InChI is InChI=1S/C15H11F2N3O2S/c1-8-4-5-23-14(8)15-20-19-13(22-15)7-12(21)18-11-6-9(16)2-3-10(11)17/h2-6H,7H2,1H3,(H,18,21). The topological polar surface area (TPSA) is 68.0 Å². The molecule has 1 amide bonds. The van der Waals surface area contributed by atoms with Crippen molar-refractivity contribution in [2.75, 3.05) is 5.32 Å². The first-order valence-electron chi connectivity index (χ1n) is 6.64. The van der Waals surface area contributed by atoms with Gasteiger partial charge in [-0.15, -0.1) is 21.5 Å². The fraction of sp³-hybridized carbons (Fsp3) is 0.133. The van der Waals surface area contributed by atoms with Crippen molar-refractivity contribution in [2.24, 2.45) is 0 Å². The quantitative estimate of drug-likeness (QED) is 0.791. The van der Waals surface area contributed by atoms with Crippen LogP contribution in [0.3, 0.4) is 0 Å². The largest absolute Gasteiger partial charge is 0.419 e. The molecule has 0 aliphatic rings. The molecule has 0 radical (unpaired) electrons. The summed E-state index contributed by atoms with van der Waals surface area (Å²) in [5.74, 6) is -1.51. The summed E-state index contributed by atoms with van der Waals surface area (Å²) in [6.45, 7) is 1.91. The highest BCUT2D eigenvalue weighted by Gasteiger charge is 2.16. The Morgan fingerprint density at radius 2 is 2.13 bits per heavy atom. The zero-order chi connectivity index (χ0) is 16.4. The number of thiophene rings is 1. The van der Waals surface area contributed by atoms with Crippen LogP contribution >= 0.6 is 11.3 Å². The molecule has 0 unspecified atom stereocenters. The molecule has 0 saturated carbocycles. The number of amides is 1. The van der Waals surface area contributed by atoms with E-state index in [0.717, 1.165) is 28.6 Å². The molecule has 0 atom stereocenters. The summed E-state index contributed by atoms with van der Waals surface area (Å²) in [4.78, 5) is 12.7. The van der Waals surface area contributed by atoms with Crippen LogP contribution in [0.25, 0.3) is 10.8 Å². The number of anilines is 1. The first kappa shape index (κ1) is 15.3. The Bertz CT molecular complexity index is 860. The smallest absolute Gasteiger partial charge is 0.258 e. The number of hydrogen-bond acceptors (Lipinski definition) is 5.